The molecule has 2 fully saturated rings. The second-order valence-electron chi connectivity index (χ2n) is 5.99. The highest BCUT2D eigenvalue weighted by Crippen LogP contribution is 2.37. The van der Waals surface area contributed by atoms with Gasteiger partial charge in [-0.15, -0.1) is 0 Å². The van der Waals surface area contributed by atoms with Gasteiger partial charge in [0.15, 0.2) is 9.84 Å². The number of hydrogen-bond donors (Lipinski definition) is 0. The standard InChI is InChI=1S/C17H19NO4S3/c1-2-8-22-14-6-4-3-5-12(14)10-15-16(19)18(17(23)24-15)13-7-9-25(20,21)11-13/h3-6,10,13H,2,7-9,11H2,1H3/b15-10-/t13-/m1/s1. The summed E-state index contributed by atoms with van der Waals surface area (Å²) in [4.78, 5) is 14.7. The topological polar surface area (TPSA) is 63.7 Å². The fourth-order valence-corrected chi connectivity index (χ4v) is 5.95. The number of ether oxygens (including phenoxy) is 1. The molecule has 8 heteroatoms. The zero-order valence-corrected chi connectivity index (χ0v) is 16.3. The van der Waals surface area contributed by atoms with E-state index in [2.05, 4.69) is 0 Å². The van der Waals surface area contributed by atoms with Crippen LogP contribution in [0.15, 0.2) is 29.2 Å². The summed E-state index contributed by atoms with van der Waals surface area (Å²) in [5, 5.41) is 0. The minimum absolute atomic E-state index is 0.0110. The Labute approximate surface area is 157 Å². The maximum atomic E-state index is 12.8. The third-order valence-electron chi connectivity index (χ3n) is 4.06. The van der Waals surface area contributed by atoms with Gasteiger partial charge in [0.25, 0.3) is 5.91 Å². The maximum Gasteiger partial charge on any atom is 0.266 e. The van der Waals surface area contributed by atoms with Crippen LogP contribution < -0.4 is 4.74 Å². The number of carbonyl (C=O) groups excluding carboxylic acids is 1. The number of hydrogen-bond acceptors (Lipinski definition) is 6. The Morgan fingerprint density at radius 3 is 2.84 bits per heavy atom. The molecule has 1 aromatic rings. The minimum Gasteiger partial charge on any atom is -0.493 e. The van der Waals surface area contributed by atoms with Crippen molar-refractivity contribution in [3.8, 4) is 5.75 Å². The molecule has 0 saturated carbocycles. The Balaban J connectivity index is 1.84. The van der Waals surface area contributed by atoms with Gasteiger partial charge >= 0.3 is 0 Å². The number of carbonyl (C=O) groups is 1. The van der Waals surface area contributed by atoms with Crippen LogP contribution in [0.3, 0.4) is 0 Å². The van der Waals surface area contributed by atoms with Gasteiger partial charge in [-0.1, -0.05) is 49.1 Å². The third kappa shape index (κ3) is 4.07. The molecule has 0 N–H and O–H groups in total. The average Bonchev–Trinajstić information content (AvgIpc) is 3.05. The summed E-state index contributed by atoms with van der Waals surface area (Å²) in [6.07, 6.45) is 3.11. The predicted octanol–water partition coefficient (Wildman–Crippen LogP) is 2.86. The number of thiocarbonyl (C=S) groups is 1. The predicted molar refractivity (Wildman–Crippen MR) is 104 cm³/mol. The molecule has 0 aromatic heterocycles. The number of rotatable bonds is 5. The Morgan fingerprint density at radius 2 is 2.16 bits per heavy atom. The largest absolute Gasteiger partial charge is 0.493 e. The van der Waals surface area contributed by atoms with Crippen LogP contribution in [-0.2, 0) is 14.6 Å². The fraction of sp³-hybridized carbons (Fsp3) is 0.412. The number of para-hydroxylation sites is 1. The fourth-order valence-electron chi connectivity index (χ4n) is 2.86. The molecular formula is C17H19NO4S3. The van der Waals surface area contributed by atoms with E-state index < -0.39 is 9.84 Å². The van der Waals surface area contributed by atoms with Crippen LogP contribution in [0.1, 0.15) is 25.3 Å². The monoisotopic (exact) mass is 397 g/mol. The summed E-state index contributed by atoms with van der Waals surface area (Å²) in [7, 11) is -3.08. The van der Waals surface area contributed by atoms with Crippen molar-refractivity contribution in [3.63, 3.8) is 0 Å². The molecule has 2 aliphatic rings. The van der Waals surface area contributed by atoms with Gasteiger partial charge in [0.05, 0.1) is 29.1 Å². The molecule has 1 aromatic carbocycles. The summed E-state index contributed by atoms with van der Waals surface area (Å²) in [5.74, 6) is 0.602. The molecule has 0 spiro atoms. The summed E-state index contributed by atoms with van der Waals surface area (Å²) >= 11 is 6.54. The van der Waals surface area contributed by atoms with Gasteiger partial charge in [-0.25, -0.2) is 8.42 Å². The number of nitrogens with zero attached hydrogens (tertiary/aromatic N) is 1. The van der Waals surface area contributed by atoms with E-state index in [4.69, 9.17) is 17.0 Å². The maximum absolute atomic E-state index is 12.8. The van der Waals surface area contributed by atoms with Gasteiger partial charge in [0, 0.05) is 5.56 Å². The van der Waals surface area contributed by atoms with Gasteiger partial charge < -0.3 is 4.74 Å². The van der Waals surface area contributed by atoms with Crippen LogP contribution in [0.25, 0.3) is 6.08 Å². The lowest BCUT2D eigenvalue weighted by Crippen LogP contribution is -2.39. The highest BCUT2D eigenvalue weighted by atomic mass is 32.2. The molecule has 0 radical (unpaired) electrons. The van der Waals surface area contributed by atoms with Crippen LogP contribution in [0, 0.1) is 0 Å². The van der Waals surface area contributed by atoms with E-state index in [0.717, 1.165) is 17.7 Å². The van der Waals surface area contributed by atoms with E-state index in [1.54, 1.807) is 6.08 Å². The van der Waals surface area contributed by atoms with Crippen molar-refractivity contribution in [2.24, 2.45) is 0 Å². The summed E-state index contributed by atoms with van der Waals surface area (Å²) in [5.41, 5.74) is 0.815. The van der Waals surface area contributed by atoms with Crippen LogP contribution in [-0.4, -0.2) is 47.7 Å². The zero-order valence-electron chi connectivity index (χ0n) is 13.8. The summed E-state index contributed by atoms with van der Waals surface area (Å²) in [6, 6.07) is 7.17. The van der Waals surface area contributed by atoms with E-state index in [9.17, 15) is 13.2 Å². The molecule has 2 heterocycles. The number of sulfone groups is 1. The van der Waals surface area contributed by atoms with Crippen LogP contribution >= 0.6 is 24.0 Å². The minimum atomic E-state index is -3.08. The van der Waals surface area contributed by atoms with Gasteiger partial charge in [0.1, 0.15) is 10.1 Å². The Morgan fingerprint density at radius 1 is 1.40 bits per heavy atom. The first kappa shape index (κ1) is 18.4. The van der Waals surface area contributed by atoms with Crippen molar-refractivity contribution in [1.82, 2.24) is 4.90 Å². The van der Waals surface area contributed by atoms with Crippen molar-refractivity contribution in [3.05, 3.63) is 34.7 Å². The molecule has 2 saturated heterocycles. The quantitative estimate of drug-likeness (QED) is 0.562. The van der Waals surface area contributed by atoms with E-state index in [1.807, 2.05) is 31.2 Å². The first-order chi connectivity index (χ1) is 11.9. The highest BCUT2D eigenvalue weighted by Gasteiger charge is 2.42. The molecule has 25 heavy (non-hydrogen) atoms. The van der Waals surface area contributed by atoms with Gasteiger partial charge in [0.2, 0.25) is 0 Å². The molecule has 2 aliphatic heterocycles. The molecule has 1 atom stereocenters. The first-order valence-electron chi connectivity index (χ1n) is 8.10. The first-order valence-corrected chi connectivity index (χ1v) is 11.1. The lowest BCUT2D eigenvalue weighted by Gasteiger charge is -2.20. The molecule has 1 amide bonds. The van der Waals surface area contributed by atoms with Gasteiger partial charge in [-0.05, 0) is 25.0 Å². The zero-order chi connectivity index (χ0) is 18.0. The third-order valence-corrected chi connectivity index (χ3v) is 7.15. The number of amides is 1. The highest BCUT2D eigenvalue weighted by molar-refractivity contribution is 8.26. The van der Waals surface area contributed by atoms with Gasteiger partial charge in [-0.2, -0.15) is 0 Å². The SMILES string of the molecule is CCCOc1ccccc1/C=C1\SC(=S)N([C@@H]2CCS(=O)(=O)C2)C1=O. The van der Waals surface area contributed by atoms with Crippen molar-refractivity contribution < 1.29 is 17.9 Å². The van der Waals surface area contributed by atoms with Crippen LogP contribution in [0.2, 0.25) is 0 Å². The van der Waals surface area contributed by atoms with E-state index in [0.29, 0.717) is 22.3 Å². The van der Waals surface area contributed by atoms with Crippen molar-refractivity contribution in [2.45, 2.75) is 25.8 Å². The molecular weight excluding hydrogens is 378 g/mol. The molecule has 0 bridgehead atoms. The Hall–Kier alpha value is -1.38. The molecule has 3 rings (SSSR count). The summed E-state index contributed by atoms with van der Waals surface area (Å²) < 4.78 is 29.6. The average molecular weight is 398 g/mol. The molecule has 5 nitrogen and oxygen atoms in total. The molecule has 134 valence electrons. The van der Waals surface area contributed by atoms with Crippen molar-refractivity contribution >= 4 is 50.1 Å². The van der Waals surface area contributed by atoms with E-state index in [-0.39, 0.29) is 23.5 Å². The lowest BCUT2D eigenvalue weighted by molar-refractivity contribution is -0.123. The van der Waals surface area contributed by atoms with Crippen LogP contribution in [0.5, 0.6) is 5.75 Å². The van der Waals surface area contributed by atoms with E-state index in [1.165, 1.54) is 16.7 Å². The number of thioether (sulfide) groups is 1. The van der Waals surface area contributed by atoms with E-state index >= 15 is 0 Å². The summed E-state index contributed by atoms with van der Waals surface area (Å²) in [6.45, 7) is 2.63. The van der Waals surface area contributed by atoms with Crippen molar-refractivity contribution in [2.75, 3.05) is 18.1 Å². The second kappa shape index (κ2) is 7.47. The molecule has 0 aliphatic carbocycles. The molecule has 0 unspecified atom stereocenters. The second-order valence-corrected chi connectivity index (χ2v) is 9.90. The smallest absolute Gasteiger partial charge is 0.266 e. The van der Waals surface area contributed by atoms with Crippen LogP contribution in [0.4, 0.5) is 0 Å². The normalized spacial score (nSPS) is 24.3. The lowest BCUT2D eigenvalue weighted by atomic mass is 10.1. The van der Waals surface area contributed by atoms with Crippen molar-refractivity contribution in [1.29, 1.82) is 0 Å². The Bertz CT molecular complexity index is 832. The van der Waals surface area contributed by atoms with Gasteiger partial charge in [-0.3, -0.25) is 9.69 Å². The Kier molecular flexibility index (Phi) is 5.50. The number of benzene rings is 1.